The van der Waals surface area contributed by atoms with Crippen molar-refractivity contribution in [3.63, 3.8) is 0 Å². The second-order valence-corrected chi connectivity index (χ2v) is 5.47. The fraction of sp³-hybridized carbons (Fsp3) is 0.857. The molecule has 2 aliphatic heterocycles. The minimum Gasteiger partial charge on any atom is -0.385 e. The van der Waals surface area contributed by atoms with Crippen molar-refractivity contribution in [3.8, 4) is 0 Å². The van der Waals surface area contributed by atoms with E-state index in [0.29, 0.717) is 32.7 Å². The Bertz CT molecular complexity index is 342. The summed E-state index contributed by atoms with van der Waals surface area (Å²) in [5.41, 5.74) is 0. The number of hydrogen-bond acceptors (Lipinski definition) is 4. The van der Waals surface area contributed by atoms with E-state index in [4.69, 9.17) is 9.47 Å². The third-order valence-electron chi connectivity index (χ3n) is 3.86. The Morgan fingerprint density at radius 2 is 2.40 bits per heavy atom. The average molecular weight is 284 g/mol. The zero-order chi connectivity index (χ0) is 14.4. The van der Waals surface area contributed by atoms with Crippen molar-refractivity contribution in [3.05, 3.63) is 0 Å². The van der Waals surface area contributed by atoms with Gasteiger partial charge in [0.1, 0.15) is 0 Å². The monoisotopic (exact) mass is 284 g/mol. The minimum absolute atomic E-state index is 0.0238. The minimum atomic E-state index is -0.216. The van der Waals surface area contributed by atoms with Crippen LogP contribution in [0.4, 0.5) is 0 Å². The SMILES string of the molecule is COCCCNC(=O)C1CC(=O)N(CC2CCCO2)C1. The van der Waals surface area contributed by atoms with E-state index in [1.807, 2.05) is 0 Å². The largest absolute Gasteiger partial charge is 0.385 e. The Labute approximate surface area is 119 Å². The molecule has 20 heavy (non-hydrogen) atoms. The lowest BCUT2D eigenvalue weighted by atomic mass is 10.1. The molecule has 2 saturated heterocycles. The van der Waals surface area contributed by atoms with Crippen molar-refractivity contribution >= 4 is 11.8 Å². The summed E-state index contributed by atoms with van der Waals surface area (Å²) in [7, 11) is 1.64. The van der Waals surface area contributed by atoms with Crippen LogP contribution in [-0.2, 0) is 19.1 Å². The number of amides is 2. The smallest absolute Gasteiger partial charge is 0.225 e. The molecule has 0 radical (unpaired) electrons. The molecular formula is C14H24N2O4. The Kier molecular flexibility index (Phi) is 5.79. The van der Waals surface area contributed by atoms with Gasteiger partial charge in [-0.3, -0.25) is 9.59 Å². The van der Waals surface area contributed by atoms with E-state index in [-0.39, 0.29) is 23.8 Å². The highest BCUT2D eigenvalue weighted by Gasteiger charge is 2.35. The van der Waals surface area contributed by atoms with Gasteiger partial charge in [-0.2, -0.15) is 0 Å². The lowest BCUT2D eigenvalue weighted by Gasteiger charge is -2.20. The molecule has 0 aromatic heterocycles. The summed E-state index contributed by atoms with van der Waals surface area (Å²) < 4.78 is 10.5. The molecule has 0 saturated carbocycles. The van der Waals surface area contributed by atoms with Crippen molar-refractivity contribution in [1.82, 2.24) is 10.2 Å². The molecule has 0 spiro atoms. The topological polar surface area (TPSA) is 67.9 Å². The predicted octanol–water partition coefficient (Wildman–Crippen LogP) is 0.167. The van der Waals surface area contributed by atoms with E-state index in [1.165, 1.54) is 0 Å². The van der Waals surface area contributed by atoms with Gasteiger partial charge in [-0.1, -0.05) is 0 Å². The van der Waals surface area contributed by atoms with Crippen molar-refractivity contribution in [2.24, 2.45) is 5.92 Å². The van der Waals surface area contributed by atoms with Gasteiger partial charge in [0, 0.05) is 46.4 Å². The van der Waals surface area contributed by atoms with Gasteiger partial charge in [-0.05, 0) is 19.3 Å². The van der Waals surface area contributed by atoms with E-state index in [1.54, 1.807) is 12.0 Å². The summed E-state index contributed by atoms with van der Waals surface area (Å²) in [4.78, 5) is 25.7. The van der Waals surface area contributed by atoms with Crippen molar-refractivity contribution < 1.29 is 19.1 Å². The summed E-state index contributed by atoms with van der Waals surface area (Å²) >= 11 is 0. The molecule has 2 atom stereocenters. The second-order valence-electron chi connectivity index (χ2n) is 5.47. The van der Waals surface area contributed by atoms with Gasteiger partial charge >= 0.3 is 0 Å². The van der Waals surface area contributed by atoms with Crippen LogP contribution in [0.15, 0.2) is 0 Å². The molecular weight excluding hydrogens is 260 g/mol. The molecule has 0 bridgehead atoms. The number of likely N-dealkylation sites (tertiary alicyclic amines) is 1. The van der Waals surface area contributed by atoms with Crippen LogP contribution in [0.25, 0.3) is 0 Å². The quantitative estimate of drug-likeness (QED) is 0.677. The number of carbonyl (C=O) groups excluding carboxylic acids is 2. The number of nitrogens with one attached hydrogen (secondary N) is 1. The number of carbonyl (C=O) groups is 2. The number of methoxy groups -OCH3 is 1. The van der Waals surface area contributed by atoms with Crippen molar-refractivity contribution in [1.29, 1.82) is 0 Å². The number of hydrogen-bond donors (Lipinski definition) is 1. The van der Waals surface area contributed by atoms with E-state index < -0.39 is 0 Å². The molecule has 2 unspecified atom stereocenters. The molecule has 2 rings (SSSR count). The summed E-state index contributed by atoms with van der Waals surface area (Å²) in [5.74, 6) is -0.173. The first-order valence-electron chi connectivity index (χ1n) is 7.36. The Balaban J connectivity index is 1.71. The van der Waals surface area contributed by atoms with Crippen LogP contribution in [-0.4, -0.2) is 62.8 Å². The Morgan fingerprint density at radius 1 is 1.55 bits per heavy atom. The van der Waals surface area contributed by atoms with Gasteiger partial charge in [-0.25, -0.2) is 0 Å². The normalized spacial score (nSPS) is 26.2. The van der Waals surface area contributed by atoms with Crippen LogP contribution in [0.1, 0.15) is 25.7 Å². The Morgan fingerprint density at radius 3 is 3.10 bits per heavy atom. The van der Waals surface area contributed by atoms with Crippen LogP contribution < -0.4 is 5.32 Å². The number of nitrogens with zero attached hydrogens (tertiary/aromatic N) is 1. The summed E-state index contributed by atoms with van der Waals surface area (Å²) in [5, 5.41) is 2.87. The fourth-order valence-corrected chi connectivity index (χ4v) is 2.73. The maximum Gasteiger partial charge on any atom is 0.225 e. The average Bonchev–Trinajstić information content (AvgIpc) is 3.06. The van der Waals surface area contributed by atoms with Gasteiger partial charge in [0.2, 0.25) is 11.8 Å². The summed E-state index contributed by atoms with van der Waals surface area (Å²) in [6.07, 6.45) is 3.35. The van der Waals surface area contributed by atoms with Crippen LogP contribution in [0.5, 0.6) is 0 Å². The molecule has 2 fully saturated rings. The van der Waals surface area contributed by atoms with E-state index in [9.17, 15) is 9.59 Å². The molecule has 1 N–H and O–H groups in total. The fourth-order valence-electron chi connectivity index (χ4n) is 2.73. The van der Waals surface area contributed by atoms with E-state index in [2.05, 4.69) is 5.32 Å². The first-order chi connectivity index (χ1) is 9.70. The lowest BCUT2D eigenvalue weighted by molar-refractivity contribution is -0.129. The maximum atomic E-state index is 12.0. The molecule has 114 valence electrons. The number of ether oxygens (including phenoxy) is 2. The summed E-state index contributed by atoms with van der Waals surface area (Å²) in [6.45, 7) is 3.18. The van der Waals surface area contributed by atoms with Crippen LogP contribution in [0.3, 0.4) is 0 Å². The second kappa shape index (κ2) is 7.59. The molecule has 2 aliphatic rings. The van der Waals surface area contributed by atoms with Gasteiger partial charge in [-0.15, -0.1) is 0 Å². The predicted molar refractivity (Wildman–Crippen MR) is 73.2 cm³/mol. The first-order valence-corrected chi connectivity index (χ1v) is 7.36. The van der Waals surface area contributed by atoms with Gasteiger partial charge in [0.05, 0.1) is 12.0 Å². The van der Waals surface area contributed by atoms with Crippen LogP contribution >= 0.6 is 0 Å². The highest BCUT2D eigenvalue weighted by atomic mass is 16.5. The van der Waals surface area contributed by atoms with Crippen LogP contribution in [0.2, 0.25) is 0 Å². The third-order valence-corrected chi connectivity index (χ3v) is 3.86. The zero-order valence-corrected chi connectivity index (χ0v) is 12.1. The molecule has 6 nitrogen and oxygen atoms in total. The molecule has 0 aromatic rings. The standard InChI is InChI=1S/C14H24N2O4/c1-19-6-3-5-15-14(18)11-8-13(17)16(9-11)10-12-4-2-7-20-12/h11-12H,2-10H2,1H3,(H,15,18). The molecule has 6 heteroatoms. The maximum absolute atomic E-state index is 12.0. The molecule has 2 heterocycles. The highest BCUT2D eigenvalue weighted by molar-refractivity contribution is 5.89. The van der Waals surface area contributed by atoms with Crippen LogP contribution in [0, 0.1) is 5.92 Å². The molecule has 0 aromatic carbocycles. The zero-order valence-electron chi connectivity index (χ0n) is 12.1. The third kappa shape index (κ3) is 4.18. The first kappa shape index (κ1) is 15.3. The molecule has 0 aliphatic carbocycles. The van der Waals surface area contributed by atoms with Gasteiger partial charge in [0.25, 0.3) is 0 Å². The summed E-state index contributed by atoms with van der Waals surface area (Å²) in [6, 6.07) is 0. The van der Waals surface area contributed by atoms with E-state index in [0.717, 1.165) is 25.9 Å². The van der Waals surface area contributed by atoms with E-state index >= 15 is 0 Å². The molecule has 2 amide bonds. The van der Waals surface area contributed by atoms with Crippen molar-refractivity contribution in [2.75, 3.05) is 40.0 Å². The lowest BCUT2D eigenvalue weighted by Crippen LogP contribution is -2.36. The highest BCUT2D eigenvalue weighted by Crippen LogP contribution is 2.21. The van der Waals surface area contributed by atoms with Crippen molar-refractivity contribution in [2.45, 2.75) is 31.8 Å². The van der Waals surface area contributed by atoms with Gasteiger partial charge in [0.15, 0.2) is 0 Å². The Hall–Kier alpha value is -1.14. The number of rotatable bonds is 7. The van der Waals surface area contributed by atoms with Gasteiger partial charge < -0.3 is 19.7 Å².